The molecule has 1 N–H and O–H groups in total. The van der Waals surface area contributed by atoms with Gasteiger partial charge in [0.05, 0.1) is 17.6 Å². The van der Waals surface area contributed by atoms with Gasteiger partial charge in [-0.15, -0.1) is 0 Å². The Morgan fingerprint density at radius 2 is 1.58 bits per heavy atom. The van der Waals surface area contributed by atoms with Crippen LogP contribution in [0.3, 0.4) is 0 Å². The highest BCUT2D eigenvalue weighted by molar-refractivity contribution is 7.99. The third kappa shape index (κ3) is 6.60. The summed E-state index contributed by atoms with van der Waals surface area (Å²) in [5, 5.41) is 2.97. The average Bonchev–Trinajstić information content (AvgIpc) is 2.73. The first-order valence-corrected chi connectivity index (χ1v) is 12.7. The summed E-state index contributed by atoms with van der Waals surface area (Å²) in [6.45, 7) is 2.12. The minimum atomic E-state index is -3.44. The molecule has 0 saturated heterocycles. The summed E-state index contributed by atoms with van der Waals surface area (Å²) in [7, 11) is -3.44. The lowest BCUT2D eigenvalue weighted by molar-refractivity contribution is -0.116. The van der Waals surface area contributed by atoms with Crippen LogP contribution in [-0.4, -0.2) is 27.1 Å². The number of amides is 1. The first-order chi connectivity index (χ1) is 14.8. The van der Waals surface area contributed by atoms with Crippen LogP contribution in [0.15, 0.2) is 88.7 Å². The number of hydrogen-bond donors (Lipinski definition) is 1. The van der Waals surface area contributed by atoms with Crippen molar-refractivity contribution in [3.8, 4) is 0 Å². The number of benzene rings is 3. The Morgan fingerprint density at radius 1 is 0.935 bits per heavy atom. The lowest BCUT2D eigenvalue weighted by Crippen LogP contribution is -2.32. The van der Waals surface area contributed by atoms with Crippen molar-refractivity contribution < 1.29 is 13.2 Å². The van der Waals surface area contributed by atoms with Crippen molar-refractivity contribution in [2.75, 3.05) is 22.4 Å². The minimum Gasteiger partial charge on any atom is -0.325 e. The largest absolute Gasteiger partial charge is 0.325 e. The first kappa shape index (κ1) is 22.9. The molecule has 3 rings (SSSR count). The number of carbonyl (C=O) groups is 1. The van der Waals surface area contributed by atoms with Gasteiger partial charge < -0.3 is 5.32 Å². The topological polar surface area (TPSA) is 66.5 Å². The van der Waals surface area contributed by atoms with E-state index in [-0.39, 0.29) is 18.9 Å². The lowest BCUT2D eigenvalue weighted by atomic mass is 10.2. The SMILES string of the molecule is Cc1ccccc1N(CCCC(=O)Nc1ccccc1Sc1ccccc1)S(C)(=O)=O. The Kier molecular flexibility index (Phi) is 7.76. The van der Waals surface area contributed by atoms with E-state index < -0.39 is 10.0 Å². The summed E-state index contributed by atoms with van der Waals surface area (Å²) in [4.78, 5) is 14.6. The van der Waals surface area contributed by atoms with Crippen molar-refractivity contribution in [3.63, 3.8) is 0 Å². The molecule has 0 spiro atoms. The number of nitrogens with zero attached hydrogens (tertiary/aromatic N) is 1. The second-order valence-corrected chi connectivity index (χ2v) is 10.2. The summed E-state index contributed by atoms with van der Waals surface area (Å²) < 4.78 is 26.0. The molecule has 0 unspecified atom stereocenters. The fourth-order valence-electron chi connectivity index (χ4n) is 3.18. The normalized spacial score (nSPS) is 11.2. The maximum Gasteiger partial charge on any atom is 0.232 e. The van der Waals surface area contributed by atoms with Gasteiger partial charge in [-0.1, -0.05) is 60.3 Å². The molecular formula is C24H26N2O3S2. The highest BCUT2D eigenvalue weighted by Crippen LogP contribution is 2.33. The Hall–Kier alpha value is -2.77. The number of anilines is 2. The third-order valence-corrected chi connectivity index (χ3v) is 6.95. The van der Waals surface area contributed by atoms with Crippen LogP contribution >= 0.6 is 11.8 Å². The standard InChI is InChI=1S/C24H26N2O3S2/c1-19-11-6-8-15-22(19)26(31(2,28)29)18-10-17-24(27)25-21-14-7-9-16-23(21)30-20-12-4-3-5-13-20/h3-9,11-16H,10,17-18H2,1-2H3,(H,25,27). The molecule has 0 radical (unpaired) electrons. The van der Waals surface area contributed by atoms with Gasteiger partial charge in [0.25, 0.3) is 0 Å². The van der Waals surface area contributed by atoms with E-state index in [1.807, 2.05) is 79.7 Å². The van der Waals surface area contributed by atoms with Crippen molar-refractivity contribution in [1.82, 2.24) is 0 Å². The number of sulfonamides is 1. The molecule has 0 aromatic heterocycles. The predicted molar refractivity (Wildman–Crippen MR) is 128 cm³/mol. The predicted octanol–water partition coefficient (Wildman–Crippen LogP) is 5.33. The zero-order chi connectivity index (χ0) is 22.3. The molecule has 162 valence electrons. The fourth-order valence-corrected chi connectivity index (χ4v) is 5.12. The molecule has 3 aromatic carbocycles. The number of rotatable bonds is 9. The van der Waals surface area contributed by atoms with Crippen LogP contribution in [0.1, 0.15) is 18.4 Å². The van der Waals surface area contributed by atoms with E-state index >= 15 is 0 Å². The van der Waals surface area contributed by atoms with E-state index in [1.165, 1.54) is 10.6 Å². The molecule has 3 aromatic rings. The number of aryl methyl sites for hydroxylation is 1. The highest BCUT2D eigenvalue weighted by Gasteiger charge is 2.19. The average molecular weight is 455 g/mol. The zero-order valence-electron chi connectivity index (χ0n) is 17.6. The van der Waals surface area contributed by atoms with Gasteiger partial charge in [0.2, 0.25) is 15.9 Å². The van der Waals surface area contributed by atoms with Gasteiger partial charge in [0.15, 0.2) is 0 Å². The summed E-state index contributed by atoms with van der Waals surface area (Å²) in [6, 6.07) is 25.0. The molecule has 0 heterocycles. The van der Waals surface area contributed by atoms with Crippen molar-refractivity contribution in [2.45, 2.75) is 29.6 Å². The lowest BCUT2D eigenvalue weighted by Gasteiger charge is -2.24. The smallest absolute Gasteiger partial charge is 0.232 e. The number of para-hydroxylation sites is 2. The van der Waals surface area contributed by atoms with Crippen molar-refractivity contribution >= 4 is 39.1 Å². The summed E-state index contributed by atoms with van der Waals surface area (Å²) in [5.74, 6) is -0.139. The number of hydrogen-bond acceptors (Lipinski definition) is 4. The maximum atomic E-state index is 12.6. The Bertz CT molecular complexity index is 1130. The molecule has 0 aliphatic carbocycles. The summed E-state index contributed by atoms with van der Waals surface area (Å²) in [5.41, 5.74) is 2.28. The molecule has 31 heavy (non-hydrogen) atoms. The van der Waals surface area contributed by atoms with E-state index in [9.17, 15) is 13.2 Å². The molecule has 5 nitrogen and oxygen atoms in total. The van der Waals surface area contributed by atoms with E-state index in [0.29, 0.717) is 12.1 Å². The van der Waals surface area contributed by atoms with E-state index in [0.717, 1.165) is 21.0 Å². The quantitative estimate of drug-likeness (QED) is 0.474. The van der Waals surface area contributed by atoms with Gasteiger partial charge >= 0.3 is 0 Å². The van der Waals surface area contributed by atoms with Gasteiger partial charge in [-0.25, -0.2) is 8.42 Å². The second kappa shape index (κ2) is 10.5. The number of nitrogens with one attached hydrogen (secondary N) is 1. The Morgan fingerprint density at radius 3 is 2.29 bits per heavy atom. The van der Waals surface area contributed by atoms with Crippen molar-refractivity contribution in [2.24, 2.45) is 0 Å². The Balaban J connectivity index is 1.62. The van der Waals surface area contributed by atoms with Crippen LogP contribution < -0.4 is 9.62 Å². The molecular weight excluding hydrogens is 428 g/mol. The zero-order valence-corrected chi connectivity index (χ0v) is 19.2. The van der Waals surface area contributed by atoms with Crippen LogP contribution in [0, 0.1) is 6.92 Å². The van der Waals surface area contributed by atoms with Crippen molar-refractivity contribution in [3.05, 3.63) is 84.4 Å². The van der Waals surface area contributed by atoms with E-state index in [4.69, 9.17) is 0 Å². The molecule has 7 heteroatoms. The van der Waals surface area contributed by atoms with E-state index in [2.05, 4.69) is 5.32 Å². The molecule has 0 saturated carbocycles. The van der Waals surface area contributed by atoms with Gasteiger partial charge in [-0.2, -0.15) is 0 Å². The van der Waals surface area contributed by atoms with Crippen LogP contribution in [0.4, 0.5) is 11.4 Å². The molecule has 0 atom stereocenters. The van der Waals surface area contributed by atoms with Crippen LogP contribution in [0.25, 0.3) is 0 Å². The first-order valence-electron chi connectivity index (χ1n) is 10.00. The monoisotopic (exact) mass is 454 g/mol. The van der Waals surface area contributed by atoms with Crippen LogP contribution in [0.2, 0.25) is 0 Å². The second-order valence-electron chi connectivity index (χ2n) is 7.18. The minimum absolute atomic E-state index is 0.139. The molecule has 0 aliphatic heterocycles. The van der Waals surface area contributed by atoms with Crippen LogP contribution in [0.5, 0.6) is 0 Å². The molecule has 0 bridgehead atoms. The Labute approximate surface area is 188 Å². The summed E-state index contributed by atoms with van der Waals surface area (Å²) >= 11 is 1.58. The van der Waals surface area contributed by atoms with E-state index in [1.54, 1.807) is 17.8 Å². The fraction of sp³-hybridized carbons (Fsp3) is 0.208. The number of carbonyl (C=O) groups excluding carboxylic acids is 1. The molecule has 0 aliphatic rings. The maximum absolute atomic E-state index is 12.6. The van der Waals surface area contributed by atoms with Crippen LogP contribution in [-0.2, 0) is 14.8 Å². The molecule has 0 fully saturated rings. The third-order valence-electron chi connectivity index (χ3n) is 4.68. The highest BCUT2D eigenvalue weighted by atomic mass is 32.2. The van der Waals surface area contributed by atoms with Gasteiger partial charge in [-0.05, 0) is 49.2 Å². The van der Waals surface area contributed by atoms with Gasteiger partial charge in [0, 0.05) is 22.8 Å². The molecule has 1 amide bonds. The van der Waals surface area contributed by atoms with Gasteiger partial charge in [0.1, 0.15) is 0 Å². The van der Waals surface area contributed by atoms with Crippen molar-refractivity contribution in [1.29, 1.82) is 0 Å². The van der Waals surface area contributed by atoms with Gasteiger partial charge in [-0.3, -0.25) is 9.10 Å². The summed E-state index contributed by atoms with van der Waals surface area (Å²) in [6.07, 6.45) is 1.83.